The lowest BCUT2D eigenvalue weighted by molar-refractivity contribution is 0.0686. The molecule has 0 radical (unpaired) electrons. The minimum atomic E-state index is -1.17. The number of hydrogen-bond donors (Lipinski definition) is 1. The Morgan fingerprint density at radius 3 is 2.45 bits per heavy atom. The lowest BCUT2D eigenvalue weighted by Crippen LogP contribution is -1.97. The molecule has 0 fully saturated rings. The van der Waals surface area contributed by atoms with E-state index < -0.39 is 5.97 Å². The molecule has 0 aliphatic heterocycles. The number of ether oxygens (including phenoxy) is 2. The Labute approximate surface area is 119 Å². The number of benzene rings is 1. The van der Waals surface area contributed by atoms with E-state index in [1.54, 1.807) is 13.0 Å². The third kappa shape index (κ3) is 2.30. The average molecular weight is 298 g/mol. The van der Waals surface area contributed by atoms with Gasteiger partial charge in [0.1, 0.15) is 0 Å². The third-order valence-corrected chi connectivity index (χ3v) is 3.05. The summed E-state index contributed by atoms with van der Waals surface area (Å²) in [6, 6.07) is 3.00. The van der Waals surface area contributed by atoms with E-state index in [0.717, 1.165) is 5.56 Å². The van der Waals surface area contributed by atoms with Crippen molar-refractivity contribution in [2.45, 2.75) is 6.92 Å². The minimum absolute atomic E-state index is 0.185. The molecule has 20 heavy (non-hydrogen) atoms. The third-order valence-electron chi connectivity index (χ3n) is 2.77. The summed E-state index contributed by atoms with van der Waals surface area (Å²) >= 11 is 6.08. The van der Waals surface area contributed by atoms with Gasteiger partial charge in [-0.25, -0.2) is 4.79 Å². The number of carboxylic acid groups (broad SMARTS) is 1. The Kier molecular flexibility index (Phi) is 3.85. The molecule has 1 aromatic carbocycles. The van der Waals surface area contributed by atoms with Crippen LogP contribution in [0.5, 0.6) is 11.5 Å². The number of methoxy groups -OCH3 is 2. The van der Waals surface area contributed by atoms with Crippen molar-refractivity contribution in [1.29, 1.82) is 0 Å². The van der Waals surface area contributed by atoms with E-state index in [-0.39, 0.29) is 11.5 Å². The maximum Gasteiger partial charge on any atom is 0.358 e. The summed E-state index contributed by atoms with van der Waals surface area (Å²) in [5, 5.41) is 12.8. The van der Waals surface area contributed by atoms with Crippen LogP contribution in [0.15, 0.2) is 16.7 Å². The molecule has 1 heterocycles. The number of rotatable bonds is 4. The lowest BCUT2D eigenvalue weighted by Gasteiger charge is -2.14. The van der Waals surface area contributed by atoms with Gasteiger partial charge in [-0.2, -0.15) is 0 Å². The van der Waals surface area contributed by atoms with Crippen LogP contribution >= 0.6 is 11.6 Å². The quantitative estimate of drug-likeness (QED) is 0.934. The van der Waals surface area contributed by atoms with Crippen molar-refractivity contribution in [2.24, 2.45) is 0 Å². The fourth-order valence-corrected chi connectivity index (χ4v) is 2.24. The summed E-state index contributed by atoms with van der Waals surface area (Å²) < 4.78 is 15.6. The van der Waals surface area contributed by atoms with Gasteiger partial charge in [0.05, 0.1) is 24.8 Å². The van der Waals surface area contributed by atoms with Crippen LogP contribution in [0.2, 0.25) is 5.02 Å². The molecule has 0 spiro atoms. The van der Waals surface area contributed by atoms with Gasteiger partial charge in [0.15, 0.2) is 23.0 Å². The highest BCUT2D eigenvalue weighted by molar-refractivity contribution is 6.32. The highest BCUT2D eigenvalue weighted by Gasteiger charge is 2.22. The number of aryl methyl sites for hydroxylation is 1. The normalized spacial score (nSPS) is 10.4. The highest BCUT2D eigenvalue weighted by Crippen LogP contribution is 2.45. The molecule has 0 saturated carbocycles. The Morgan fingerprint density at radius 2 is 1.95 bits per heavy atom. The van der Waals surface area contributed by atoms with Gasteiger partial charge >= 0.3 is 5.97 Å². The molecule has 0 bridgehead atoms. The zero-order chi connectivity index (χ0) is 14.9. The number of carbonyl (C=O) groups is 1. The highest BCUT2D eigenvalue weighted by atomic mass is 35.5. The second kappa shape index (κ2) is 5.42. The molecule has 0 saturated heterocycles. The molecule has 6 nitrogen and oxygen atoms in total. The summed E-state index contributed by atoms with van der Waals surface area (Å²) in [6.07, 6.45) is 0. The van der Waals surface area contributed by atoms with Gasteiger partial charge in [0, 0.05) is 6.07 Å². The Morgan fingerprint density at radius 1 is 1.30 bits per heavy atom. The van der Waals surface area contributed by atoms with Crippen LogP contribution in [0, 0.1) is 6.92 Å². The van der Waals surface area contributed by atoms with E-state index in [1.807, 2.05) is 0 Å². The van der Waals surface area contributed by atoms with Gasteiger partial charge in [0.2, 0.25) is 0 Å². The van der Waals surface area contributed by atoms with Crippen LogP contribution in [-0.2, 0) is 0 Å². The first kappa shape index (κ1) is 14.2. The van der Waals surface area contributed by atoms with Crippen LogP contribution in [0.3, 0.4) is 0 Å². The standard InChI is InChI=1S/C13H12ClNO5/c1-6-4-7(14)11(18-2)12(19-3)10(6)9-5-8(13(16)17)15-20-9/h4-5H,1-3H3,(H,16,17). The summed E-state index contributed by atoms with van der Waals surface area (Å²) in [6.45, 7) is 1.80. The second-order valence-corrected chi connectivity index (χ2v) is 4.41. The summed E-state index contributed by atoms with van der Waals surface area (Å²) in [7, 11) is 2.93. The zero-order valence-electron chi connectivity index (χ0n) is 11.1. The predicted molar refractivity (Wildman–Crippen MR) is 71.7 cm³/mol. The summed E-state index contributed by atoms with van der Waals surface area (Å²) in [4.78, 5) is 10.9. The van der Waals surface area contributed by atoms with Gasteiger partial charge in [-0.3, -0.25) is 0 Å². The maximum absolute atomic E-state index is 10.9. The van der Waals surface area contributed by atoms with Crippen molar-refractivity contribution in [3.05, 3.63) is 28.4 Å². The smallest absolute Gasteiger partial charge is 0.358 e. The molecule has 106 valence electrons. The largest absolute Gasteiger partial charge is 0.492 e. The number of aromatic nitrogens is 1. The van der Waals surface area contributed by atoms with Crippen LogP contribution in [0.1, 0.15) is 16.1 Å². The number of halogens is 1. The summed E-state index contributed by atoms with van der Waals surface area (Å²) in [5.41, 5.74) is 1.12. The molecular formula is C13H12ClNO5. The van der Waals surface area contributed by atoms with Crippen molar-refractivity contribution >= 4 is 17.6 Å². The minimum Gasteiger partial charge on any atom is -0.492 e. The molecule has 0 aliphatic rings. The van der Waals surface area contributed by atoms with E-state index in [1.165, 1.54) is 20.3 Å². The molecule has 1 aromatic heterocycles. The molecular weight excluding hydrogens is 286 g/mol. The van der Waals surface area contributed by atoms with Gasteiger partial charge < -0.3 is 19.1 Å². The van der Waals surface area contributed by atoms with Gasteiger partial charge in [-0.1, -0.05) is 16.8 Å². The average Bonchev–Trinajstić information content (AvgIpc) is 2.87. The van der Waals surface area contributed by atoms with E-state index in [9.17, 15) is 4.79 Å². The molecule has 7 heteroatoms. The van der Waals surface area contributed by atoms with Crippen LogP contribution < -0.4 is 9.47 Å². The SMILES string of the molecule is COc1c(Cl)cc(C)c(-c2cc(C(=O)O)no2)c1OC. The molecule has 2 aromatic rings. The van der Waals surface area contributed by atoms with Crippen LogP contribution in [0.25, 0.3) is 11.3 Å². The molecule has 2 rings (SSSR count). The molecule has 0 amide bonds. The van der Waals surface area contributed by atoms with Crippen LogP contribution in [-0.4, -0.2) is 30.5 Å². The van der Waals surface area contributed by atoms with Crippen molar-refractivity contribution in [2.75, 3.05) is 14.2 Å². The number of carboxylic acids is 1. The maximum atomic E-state index is 10.9. The van der Waals surface area contributed by atoms with Crippen molar-refractivity contribution in [1.82, 2.24) is 5.16 Å². The molecule has 1 N–H and O–H groups in total. The fourth-order valence-electron chi connectivity index (χ4n) is 1.91. The van der Waals surface area contributed by atoms with E-state index in [2.05, 4.69) is 5.16 Å². The zero-order valence-corrected chi connectivity index (χ0v) is 11.8. The van der Waals surface area contributed by atoms with Crippen molar-refractivity contribution in [3.8, 4) is 22.8 Å². The van der Waals surface area contributed by atoms with E-state index in [0.29, 0.717) is 22.1 Å². The Bertz CT molecular complexity index is 665. The first-order valence-electron chi connectivity index (χ1n) is 5.61. The van der Waals surface area contributed by atoms with E-state index in [4.69, 9.17) is 30.7 Å². The van der Waals surface area contributed by atoms with Crippen LogP contribution in [0.4, 0.5) is 0 Å². The second-order valence-electron chi connectivity index (χ2n) is 4.00. The number of hydrogen-bond acceptors (Lipinski definition) is 5. The van der Waals surface area contributed by atoms with Gasteiger partial charge in [-0.05, 0) is 18.6 Å². The van der Waals surface area contributed by atoms with Crippen molar-refractivity contribution < 1.29 is 23.9 Å². The topological polar surface area (TPSA) is 81.8 Å². The monoisotopic (exact) mass is 297 g/mol. The molecule has 0 aliphatic carbocycles. The van der Waals surface area contributed by atoms with E-state index >= 15 is 0 Å². The van der Waals surface area contributed by atoms with Crippen molar-refractivity contribution in [3.63, 3.8) is 0 Å². The predicted octanol–water partition coefficient (Wildman–Crippen LogP) is 3.02. The van der Waals surface area contributed by atoms with Gasteiger partial charge in [-0.15, -0.1) is 0 Å². The summed E-state index contributed by atoms with van der Waals surface area (Å²) in [5.74, 6) is -0.183. The van der Waals surface area contributed by atoms with Gasteiger partial charge in [0.25, 0.3) is 0 Å². The number of nitrogens with zero attached hydrogens (tertiary/aromatic N) is 1. The number of aromatic carboxylic acids is 1. The molecule has 0 atom stereocenters. The Balaban J connectivity index is 2.68. The fraction of sp³-hybridized carbons (Fsp3) is 0.231. The molecule has 0 unspecified atom stereocenters. The lowest BCUT2D eigenvalue weighted by atomic mass is 10.0. The first-order valence-corrected chi connectivity index (χ1v) is 5.98. The first-order chi connectivity index (χ1) is 9.49. The Hall–Kier alpha value is -2.21.